The van der Waals surface area contributed by atoms with Crippen LogP contribution >= 0.6 is 0 Å². The fraction of sp³-hybridized carbons (Fsp3) is 0.375. The van der Waals surface area contributed by atoms with Crippen LogP contribution in [0.4, 0.5) is 0 Å². The van der Waals surface area contributed by atoms with Crippen molar-refractivity contribution in [1.82, 2.24) is 4.72 Å². The lowest BCUT2D eigenvalue weighted by atomic mass is 10.1. The Kier molecular flexibility index (Phi) is 5.39. The Morgan fingerprint density at radius 3 is 2.50 bits per heavy atom. The van der Waals surface area contributed by atoms with Gasteiger partial charge in [-0.3, -0.25) is 0 Å². The van der Waals surface area contributed by atoms with Crippen LogP contribution in [0.5, 0.6) is 5.75 Å². The highest BCUT2D eigenvalue weighted by Crippen LogP contribution is 2.31. The number of hydrogen-bond donors (Lipinski definition) is 2. The van der Waals surface area contributed by atoms with Crippen molar-refractivity contribution in [1.29, 1.82) is 0 Å². The fourth-order valence-corrected chi connectivity index (χ4v) is 3.45. The van der Waals surface area contributed by atoms with Crippen molar-refractivity contribution in [2.24, 2.45) is 0 Å². The number of ether oxygens (including phenoxy) is 1. The van der Waals surface area contributed by atoms with Gasteiger partial charge in [0.25, 0.3) is 0 Å². The molecule has 0 aliphatic heterocycles. The molecule has 2 rings (SSSR count). The van der Waals surface area contributed by atoms with Gasteiger partial charge < -0.3 is 9.84 Å². The summed E-state index contributed by atoms with van der Waals surface area (Å²) in [6.07, 6.45) is 0.137. The van der Waals surface area contributed by atoms with Gasteiger partial charge in [-0.2, -0.15) is 0 Å². The van der Waals surface area contributed by atoms with E-state index in [1.165, 1.54) is 13.0 Å². The Morgan fingerprint density at radius 1 is 1.18 bits per heavy atom. The number of benzene rings is 2. The van der Waals surface area contributed by atoms with E-state index in [1.54, 1.807) is 18.2 Å². The topological polar surface area (TPSA) is 75.6 Å². The summed E-state index contributed by atoms with van der Waals surface area (Å²) in [6.45, 7) is 4.10. The van der Waals surface area contributed by atoms with Crippen LogP contribution in [-0.4, -0.2) is 32.8 Å². The number of aliphatic hydroxyl groups excluding tert-OH is 1. The Labute approximate surface area is 131 Å². The van der Waals surface area contributed by atoms with Gasteiger partial charge in [0.15, 0.2) is 0 Å². The Hall–Kier alpha value is -1.63. The van der Waals surface area contributed by atoms with E-state index in [0.717, 1.165) is 11.8 Å². The predicted molar refractivity (Wildman–Crippen MR) is 86.6 cm³/mol. The van der Waals surface area contributed by atoms with Crippen molar-refractivity contribution in [2.75, 3.05) is 13.2 Å². The molecule has 120 valence electrons. The third-order valence-electron chi connectivity index (χ3n) is 3.16. The smallest absolute Gasteiger partial charge is 0.241 e. The second kappa shape index (κ2) is 7.09. The van der Waals surface area contributed by atoms with Crippen LogP contribution in [0.3, 0.4) is 0 Å². The molecule has 6 heteroatoms. The lowest BCUT2D eigenvalue weighted by Gasteiger charge is -2.13. The summed E-state index contributed by atoms with van der Waals surface area (Å²) in [6, 6.07) is 10.5. The Morgan fingerprint density at radius 2 is 1.86 bits per heavy atom. The molecule has 0 aliphatic rings. The van der Waals surface area contributed by atoms with Crippen LogP contribution in [0, 0.1) is 0 Å². The van der Waals surface area contributed by atoms with Crippen LogP contribution in [-0.2, 0) is 10.0 Å². The van der Waals surface area contributed by atoms with Crippen molar-refractivity contribution in [3.05, 3.63) is 36.4 Å². The molecule has 0 aliphatic carbocycles. The maximum Gasteiger partial charge on any atom is 0.241 e. The van der Waals surface area contributed by atoms with Crippen molar-refractivity contribution >= 4 is 20.8 Å². The van der Waals surface area contributed by atoms with Gasteiger partial charge in [0.1, 0.15) is 5.75 Å². The maximum atomic E-state index is 12.4. The van der Waals surface area contributed by atoms with Gasteiger partial charge in [-0.25, -0.2) is 13.1 Å². The number of rotatable bonds is 7. The standard InChI is InChI=1S/C16H21NO4S/c1-3-10-21-15-8-9-16(14-7-5-4-6-13(14)15)22(19,20)17-11-12(2)18/h4-9,12,17-18H,3,10-11H2,1-2H3. The summed E-state index contributed by atoms with van der Waals surface area (Å²) in [5.74, 6) is 0.673. The van der Waals surface area contributed by atoms with Gasteiger partial charge in [-0.05, 0) is 25.5 Å². The largest absolute Gasteiger partial charge is 0.493 e. The number of hydrogen-bond acceptors (Lipinski definition) is 4. The van der Waals surface area contributed by atoms with Gasteiger partial charge in [0, 0.05) is 17.3 Å². The van der Waals surface area contributed by atoms with Gasteiger partial charge in [-0.1, -0.05) is 31.2 Å². The lowest BCUT2D eigenvalue weighted by molar-refractivity contribution is 0.198. The number of aliphatic hydroxyl groups is 1. The summed E-state index contributed by atoms with van der Waals surface area (Å²) in [5, 5.41) is 10.6. The first-order valence-corrected chi connectivity index (χ1v) is 8.76. The van der Waals surface area contributed by atoms with Crippen LogP contribution in [0.25, 0.3) is 10.8 Å². The first kappa shape index (κ1) is 16.7. The fourth-order valence-electron chi connectivity index (χ4n) is 2.12. The summed E-state index contributed by atoms with van der Waals surface area (Å²) < 4.78 is 32.9. The highest BCUT2D eigenvalue weighted by atomic mass is 32.2. The van der Waals surface area contributed by atoms with Crippen LogP contribution in [0.2, 0.25) is 0 Å². The molecular formula is C16H21NO4S. The molecule has 2 aromatic carbocycles. The first-order chi connectivity index (χ1) is 10.5. The van der Waals surface area contributed by atoms with E-state index < -0.39 is 16.1 Å². The predicted octanol–water partition coefficient (Wildman–Crippen LogP) is 2.29. The summed E-state index contributed by atoms with van der Waals surface area (Å²) in [5.41, 5.74) is 0. The average molecular weight is 323 g/mol. The van der Waals surface area contributed by atoms with E-state index >= 15 is 0 Å². The Bertz CT molecular complexity index is 741. The summed E-state index contributed by atoms with van der Waals surface area (Å²) in [4.78, 5) is 0.188. The third kappa shape index (κ3) is 3.76. The zero-order valence-corrected chi connectivity index (χ0v) is 13.6. The van der Waals surface area contributed by atoms with Crippen LogP contribution in [0.15, 0.2) is 41.3 Å². The van der Waals surface area contributed by atoms with Crippen molar-refractivity contribution in [3.63, 3.8) is 0 Å². The highest BCUT2D eigenvalue weighted by Gasteiger charge is 2.19. The zero-order chi connectivity index (χ0) is 16.2. The van der Waals surface area contributed by atoms with Crippen LogP contribution < -0.4 is 9.46 Å². The molecule has 5 nitrogen and oxygen atoms in total. The van der Waals surface area contributed by atoms with Crippen molar-refractivity contribution in [2.45, 2.75) is 31.3 Å². The molecule has 1 atom stereocenters. The zero-order valence-electron chi connectivity index (χ0n) is 12.7. The molecule has 2 aromatic rings. The Balaban J connectivity index is 2.48. The number of fused-ring (bicyclic) bond motifs is 1. The minimum Gasteiger partial charge on any atom is -0.493 e. The minimum absolute atomic E-state index is 0.0231. The molecule has 0 saturated carbocycles. The van der Waals surface area contributed by atoms with E-state index in [4.69, 9.17) is 4.74 Å². The molecule has 0 fully saturated rings. The molecule has 0 radical (unpaired) electrons. The van der Waals surface area contributed by atoms with E-state index in [2.05, 4.69) is 4.72 Å². The monoisotopic (exact) mass is 323 g/mol. The second-order valence-corrected chi connectivity index (χ2v) is 6.89. The van der Waals surface area contributed by atoms with Crippen molar-refractivity contribution < 1.29 is 18.3 Å². The number of sulfonamides is 1. The van der Waals surface area contributed by atoms with E-state index in [9.17, 15) is 13.5 Å². The van der Waals surface area contributed by atoms with Gasteiger partial charge >= 0.3 is 0 Å². The van der Waals surface area contributed by atoms with E-state index in [-0.39, 0.29) is 11.4 Å². The molecule has 22 heavy (non-hydrogen) atoms. The van der Waals surface area contributed by atoms with Gasteiger partial charge in [-0.15, -0.1) is 0 Å². The molecule has 2 N–H and O–H groups in total. The van der Waals surface area contributed by atoms with Gasteiger partial charge in [0.05, 0.1) is 17.6 Å². The highest BCUT2D eigenvalue weighted by molar-refractivity contribution is 7.89. The van der Waals surface area contributed by atoms with E-state index in [0.29, 0.717) is 17.7 Å². The molecule has 0 saturated heterocycles. The molecule has 1 unspecified atom stereocenters. The quantitative estimate of drug-likeness (QED) is 0.820. The average Bonchev–Trinajstić information content (AvgIpc) is 2.50. The van der Waals surface area contributed by atoms with Gasteiger partial charge in [0.2, 0.25) is 10.0 Å². The first-order valence-electron chi connectivity index (χ1n) is 7.28. The van der Waals surface area contributed by atoms with Crippen molar-refractivity contribution in [3.8, 4) is 5.75 Å². The lowest BCUT2D eigenvalue weighted by Crippen LogP contribution is -2.30. The van der Waals surface area contributed by atoms with Crippen LogP contribution in [0.1, 0.15) is 20.3 Å². The maximum absolute atomic E-state index is 12.4. The normalized spacial score (nSPS) is 13.2. The third-order valence-corrected chi connectivity index (χ3v) is 4.65. The molecule has 0 spiro atoms. The molecule has 0 heterocycles. The summed E-state index contributed by atoms with van der Waals surface area (Å²) >= 11 is 0. The molecule has 0 bridgehead atoms. The van der Waals surface area contributed by atoms with E-state index in [1.807, 2.05) is 19.1 Å². The summed E-state index contributed by atoms with van der Waals surface area (Å²) in [7, 11) is -3.68. The molecule has 0 aromatic heterocycles. The SMILES string of the molecule is CCCOc1ccc(S(=O)(=O)NCC(C)O)c2ccccc12. The molecule has 0 amide bonds. The second-order valence-electron chi connectivity index (χ2n) is 5.16. The minimum atomic E-state index is -3.68. The number of nitrogens with one attached hydrogen (secondary N) is 1. The molecular weight excluding hydrogens is 302 g/mol.